The number of hydrogen-bond acceptors (Lipinski definition) is 3. The van der Waals surface area contributed by atoms with E-state index in [9.17, 15) is 4.79 Å². The average Bonchev–Trinajstić information content (AvgIpc) is 2.48. The van der Waals surface area contributed by atoms with E-state index in [1.165, 1.54) is 32.4 Å². The number of pyridine rings is 1. The van der Waals surface area contributed by atoms with E-state index < -0.39 is 0 Å². The van der Waals surface area contributed by atoms with Crippen LogP contribution in [0.2, 0.25) is 0 Å². The first-order valence-corrected chi connectivity index (χ1v) is 8.03. The molecule has 4 nitrogen and oxygen atoms in total. The maximum absolute atomic E-state index is 12.2. The molecule has 0 aliphatic carbocycles. The van der Waals surface area contributed by atoms with Gasteiger partial charge < -0.3 is 9.80 Å². The predicted molar refractivity (Wildman–Crippen MR) is 85.0 cm³/mol. The molecule has 21 heavy (non-hydrogen) atoms. The molecule has 1 aromatic heterocycles. The smallest absolute Gasteiger partial charge is 0.222 e. The van der Waals surface area contributed by atoms with Gasteiger partial charge in [-0.2, -0.15) is 0 Å². The van der Waals surface area contributed by atoms with E-state index in [1.807, 2.05) is 31.0 Å². The Morgan fingerprint density at radius 2 is 2.10 bits per heavy atom. The van der Waals surface area contributed by atoms with E-state index in [4.69, 9.17) is 0 Å². The van der Waals surface area contributed by atoms with Crippen LogP contribution < -0.4 is 0 Å². The highest BCUT2D eigenvalue weighted by atomic mass is 16.2. The Kier molecular flexibility index (Phi) is 6.18. The van der Waals surface area contributed by atoms with E-state index in [2.05, 4.69) is 9.88 Å². The Hall–Kier alpha value is -1.42. The summed E-state index contributed by atoms with van der Waals surface area (Å²) in [5.41, 5.74) is 2.15. The standard InChI is InChI=1S/C17H27N3O/c1-15-13-16(8-9-18-15)14-19(2)17(21)7-6-12-20-10-4-3-5-11-20/h8-9,13H,3-7,10-12,14H2,1-2H3. The van der Waals surface area contributed by atoms with E-state index >= 15 is 0 Å². The number of aryl methyl sites for hydroxylation is 1. The van der Waals surface area contributed by atoms with Crippen LogP contribution >= 0.6 is 0 Å². The zero-order chi connectivity index (χ0) is 15.1. The Morgan fingerprint density at radius 3 is 2.81 bits per heavy atom. The Balaban J connectivity index is 1.69. The first kappa shape index (κ1) is 16.0. The van der Waals surface area contributed by atoms with Crippen LogP contribution in [0.4, 0.5) is 0 Å². The number of hydrogen-bond donors (Lipinski definition) is 0. The second-order valence-corrected chi connectivity index (χ2v) is 6.06. The molecule has 0 aromatic carbocycles. The molecule has 0 N–H and O–H groups in total. The Morgan fingerprint density at radius 1 is 1.33 bits per heavy atom. The molecule has 2 heterocycles. The number of carbonyl (C=O) groups is 1. The van der Waals surface area contributed by atoms with Gasteiger partial charge in [0.25, 0.3) is 0 Å². The fraction of sp³-hybridized carbons (Fsp3) is 0.647. The highest BCUT2D eigenvalue weighted by molar-refractivity contribution is 5.75. The van der Waals surface area contributed by atoms with Crippen LogP contribution in [0, 0.1) is 6.92 Å². The molecule has 1 aromatic rings. The van der Waals surface area contributed by atoms with Gasteiger partial charge in [-0.1, -0.05) is 6.42 Å². The van der Waals surface area contributed by atoms with Crippen molar-refractivity contribution in [2.45, 2.75) is 45.6 Å². The molecule has 0 spiro atoms. The van der Waals surface area contributed by atoms with E-state index in [0.29, 0.717) is 13.0 Å². The third-order valence-corrected chi connectivity index (χ3v) is 4.12. The Labute approximate surface area is 128 Å². The molecule has 1 aliphatic rings. The second-order valence-electron chi connectivity index (χ2n) is 6.06. The lowest BCUT2D eigenvalue weighted by molar-refractivity contribution is -0.130. The van der Waals surface area contributed by atoms with Crippen molar-refractivity contribution in [2.75, 3.05) is 26.7 Å². The summed E-state index contributed by atoms with van der Waals surface area (Å²) in [7, 11) is 1.89. The quantitative estimate of drug-likeness (QED) is 0.807. The minimum atomic E-state index is 0.237. The number of amides is 1. The molecular weight excluding hydrogens is 262 g/mol. The van der Waals surface area contributed by atoms with E-state index in [0.717, 1.165) is 24.2 Å². The summed E-state index contributed by atoms with van der Waals surface area (Å²) in [4.78, 5) is 20.7. The fourth-order valence-electron chi connectivity index (χ4n) is 2.89. The van der Waals surface area contributed by atoms with Crippen LogP contribution in [0.25, 0.3) is 0 Å². The van der Waals surface area contributed by atoms with Gasteiger partial charge in [-0.3, -0.25) is 9.78 Å². The topological polar surface area (TPSA) is 36.4 Å². The zero-order valence-electron chi connectivity index (χ0n) is 13.3. The van der Waals surface area contributed by atoms with Crippen LogP contribution in [-0.4, -0.2) is 47.4 Å². The van der Waals surface area contributed by atoms with Crippen molar-refractivity contribution in [2.24, 2.45) is 0 Å². The van der Waals surface area contributed by atoms with Crippen LogP contribution in [0.3, 0.4) is 0 Å². The lowest BCUT2D eigenvalue weighted by Crippen LogP contribution is -2.32. The molecule has 1 amide bonds. The van der Waals surface area contributed by atoms with Crippen molar-refractivity contribution in [1.29, 1.82) is 0 Å². The molecule has 1 fully saturated rings. The highest BCUT2D eigenvalue weighted by Crippen LogP contribution is 2.10. The molecule has 0 saturated carbocycles. The second kappa shape index (κ2) is 8.13. The lowest BCUT2D eigenvalue weighted by atomic mass is 10.1. The molecule has 4 heteroatoms. The number of rotatable bonds is 6. The number of piperidine rings is 1. The molecular formula is C17H27N3O. The summed E-state index contributed by atoms with van der Waals surface area (Å²) >= 11 is 0. The first-order valence-electron chi connectivity index (χ1n) is 8.03. The number of aromatic nitrogens is 1. The van der Waals surface area contributed by atoms with Gasteiger partial charge in [0.1, 0.15) is 0 Å². The summed E-state index contributed by atoms with van der Waals surface area (Å²) in [6, 6.07) is 4.02. The number of carbonyl (C=O) groups excluding carboxylic acids is 1. The van der Waals surface area contributed by atoms with Gasteiger partial charge in [-0.05, 0) is 63.5 Å². The Bertz CT molecular complexity index is 455. The summed E-state index contributed by atoms with van der Waals surface area (Å²) < 4.78 is 0. The largest absolute Gasteiger partial charge is 0.341 e. The van der Waals surface area contributed by atoms with Crippen molar-refractivity contribution in [1.82, 2.24) is 14.8 Å². The molecule has 0 bridgehead atoms. The van der Waals surface area contributed by atoms with Crippen molar-refractivity contribution < 1.29 is 4.79 Å². The van der Waals surface area contributed by atoms with Crippen molar-refractivity contribution in [3.63, 3.8) is 0 Å². The fourth-order valence-corrected chi connectivity index (χ4v) is 2.89. The van der Waals surface area contributed by atoms with Crippen LogP contribution in [-0.2, 0) is 11.3 Å². The van der Waals surface area contributed by atoms with Gasteiger partial charge in [0, 0.05) is 31.9 Å². The molecule has 0 radical (unpaired) electrons. The minimum Gasteiger partial charge on any atom is -0.341 e. The van der Waals surface area contributed by atoms with Gasteiger partial charge in [-0.25, -0.2) is 0 Å². The summed E-state index contributed by atoms with van der Waals surface area (Å²) in [6.45, 7) is 6.13. The molecule has 0 unspecified atom stereocenters. The molecule has 116 valence electrons. The van der Waals surface area contributed by atoms with E-state index in [-0.39, 0.29) is 5.91 Å². The maximum Gasteiger partial charge on any atom is 0.222 e. The molecule has 1 aliphatic heterocycles. The number of nitrogens with zero attached hydrogens (tertiary/aromatic N) is 3. The van der Waals surface area contributed by atoms with Gasteiger partial charge >= 0.3 is 0 Å². The van der Waals surface area contributed by atoms with Gasteiger partial charge in [0.05, 0.1) is 0 Å². The number of likely N-dealkylation sites (tertiary alicyclic amines) is 1. The summed E-state index contributed by atoms with van der Waals surface area (Å²) in [5.74, 6) is 0.237. The van der Waals surface area contributed by atoms with Crippen molar-refractivity contribution in [3.8, 4) is 0 Å². The predicted octanol–water partition coefficient (Wildman–Crippen LogP) is 2.61. The lowest BCUT2D eigenvalue weighted by Gasteiger charge is -2.26. The van der Waals surface area contributed by atoms with Crippen molar-refractivity contribution >= 4 is 5.91 Å². The molecule has 0 atom stereocenters. The monoisotopic (exact) mass is 289 g/mol. The van der Waals surface area contributed by atoms with Gasteiger partial charge in [0.2, 0.25) is 5.91 Å². The van der Waals surface area contributed by atoms with Gasteiger partial charge in [-0.15, -0.1) is 0 Å². The first-order chi connectivity index (χ1) is 10.1. The third-order valence-electron chi connectivity index (χ3n) is 4.12. The average molecular weight is 289 g/mol. The minimum absolute atomic E-state index is 0.237. The third kappa shape index (κ3) is 5.46. The van der Waals surface area contributed by atoms with Crippen molar-refractivity contribution in [3.05, 3.63) is 29.6 Å². The van der Waals surface area contributed by atoms with E-state index in [1.54, 1.807) is 6.20 Å². The maximum atomic E-state index is 12.2. The SMILES string of the molecule is Cc1cc(CN(C)C(=O)CCCN2CCCCC2)ccn1. The highest BCUT2D eigenvalue weighted by Gasteiger charge is 2.12. The normalized spacial score (nSPS) is 15.9. The van der Waals surface area contributed by atoms with Crippen LogP contribution in [0.5, 0.6) is 0 Å². The van der Waals surface area contributed by atoms with Gasteiger partial charge in [0.15, 0.2) is 0 Å². The van der Waals surface area contributed by atoms with Crippen LogP contribution in [0.15, 0.2) is 18.3 Å². The van der Waals surface area contributed by atoms with Crippen LogP contribution in [0.1, 0.15) is 43.4 Å². The molecule has 1 saturated heterocycles. The summed E-state index contributed by atoms with van der Waals surface area (Å²) in [5, 5.41) is 0. The zero-order valence-corrected chi connectivity index (χ0v) is 13.3. The summed E-state index contributed by atoms with van der Waals surface area (Å²) in [6.07, 6.45) is 7.42. The molecule has 2 rings (SSSR count).